The minimum absolute atomic E-state index is 0.192. The lowest BCUT2D eigenvalue weighted by Crippen LogP contribution is -2.47. The van der Waals surface area contributed by atoms with E-state index in [0.29, 0.717) is 10.2 Å². The Morgan fingerprint density at radius 1 is 1.29 bits per heavy atom. The molecule has 172 valence electrons. The number of carbonyl (C=O) groups excluding carboxylic acids is 1. The van der Waals surface area contributed by atoms with E-state index < -0.39 is 5.60 Å². The van der Waals surface area contributed by atoms with E-state index in [4.69, 9.17) is 21.9 Å². The predicted molar refractivity (Wildman–Crippen MR) is 141 cm³/mol. The van der Waals surface area contributed by atoms with Gasteiger partial charge in [-0.3, -0.25) is 4.79 Å². The molecule has 1 saturated heterocycles. The molecule has 1 aliphatic rings. The van der Waals surface area contributed by atoms with E-state index in [1.807, 2.05) is 26.8 Å². The van der Waals surface area contributed by atoms with Gasteiger partial charge in [-0.25, -0.2) is 4.99 Å². The predicted octanol–water partition coefficient (Wildman–Crippen LogP) is 7.01. The van der Waals surface area contributed by atoms with Crippen LogP contribution in [0.5, 0.6) is 0 Å². The molecule has 0 amide bonds. The van der Waals surface area contributed by atoms with Gasteiger partial charge in [-0.1, -0.05) is 81.6 Å². The first-order chi connectivity index (χ1) is 14.5. The molecule has 2 rings (SSSR count). The topological polar surface area (TPSA) is 41.9 Å². The summed E-state index contributed by atoms with van der Waals surface area (Å²) in [5, 5.41) is 0.923. The molecule has 0 radical (unpaired) electrons. The van der Waals surface area contributed by atoms with Crippen molar-refractivity contribution < 1.29 is 9.53 Å². The average Bonchev–Trinajstić information content (AvgIpc) is 2.71. The molecule has 31 heavy (non-hydrogen) atoms. The Kier molecular flexibility index (Phi) is 9.46. The van der Waals surface area contributed by atoms with Gasteiger partial charge in [0.15, 0.2) is 5.17 Å². The minimum atomic E-state index is -0.493. The smallest absolute Gasteiger partial charge is 0.316 e. The van der Waals surface area contributed by atoms with E-state index in [-0.39, 0.29) is 17.1 Å². The molecule has 0 N–H and O–H groups in total. The summed E-state index contributed by atoms with van der Waals surface area (Å²) in [5.41, 5.74) is 1.92. The first-order valence-electron chi connectivity index (χ1n) is 11.0. The highest BCUT2D eigenvalue weighted by Crippen LogP contribution is 2.40. The molecule has 1 heterocycles. The molecule has 4 nitrogen and oxygen atoms in total. The lowest BCUT2D eigenvalue weighted by molar-refractivity contribution is -0.151. The average molecular weight is 481 g/mol. The van der Waals surface area contributed by atoms with E-state index in [0.717, 1.165) is 36.0 Å². The molecule has 0 spiro atoms. The van der Waals surface area contributed by atoms with Crippen molar-refractivity contribution in [3.8, 4) is 0 Å². The normalized spacial score (nSPS) is 17.8. The second-order valence-corrected chi connectivity index (χ2v) is 11.9. The van der Waals surface area contributed by atoms with Crippen molar-refractivity contribution in [2.24, 2.45) is 10.4 Å². The van der Waals surface area contributed by atoms with E-state index in [1.165, 1.54) is 17.3 Å². The van der Waals surface area contributed by atoms with Crippen molar-refractivity contribution in [1.29, 1.82) is 0 Å². The molecule has 0 bridgehead atoms. The maximum Gasteiger partial charge on any atom is 0.316 e. The summed E-state index contributed by atoms with van der Waals surface area (Å²) in [5.74, 6) is 1.38. The quantitative estimate of drug-likeness (QED) is 0.322. The van der Waals surface area contributed by atoms with Gasteiger partial charge in [-0.15, -0.1) is 0 Å². The van der Waals surface area contributed by atoms with Crippen molar-refractivity contribution in [3.05, 3.63) is 29.8 Å². The van der Waals surface area contributed by atoms with Gasteiger partial charge in [-0.05, 0) is 56.6 Å². The number of hydrogen-bond acceptors (Lipinski definition) is 6. The fourth-order valence-electron chi connectivity index (χ4n) is 3.41. The molecule has 1 aromatic carbocycles. The number of rotatable bonds is 6. The third-order valence-electron chi connectivity index (χ3n) is 5.46. The summed E-state index contributed by atoms with van der Waals surface area (Å²) in [4.78, 5) is 19.4. The Labute approximate surface area is 202 Å². The van der Waals surface area contributed by atoms with Gasteiger partial charge in [0, 0.05) is 12.3 Å². The van der Waals surface area contributed by atoms with E-state index in [2.05, 4.69) is 50.8 Å². The summed E-state index contributed by atoms with van der Waals surface area (Å²) in [7, 11) is 0. The monoisotopic (exact) mass is 480 g/mol. The fraction of sp³-hybridized carbons (Fsp3) is 0.625. The molecule has 1 aromatic rings. The van der Waals surface area contributed by atoms with Gasteiger partial charge in [0.05, 0.1) is 11.4 Å². The second-order valence-electron chi connectivity index (χ2n) is 9.33. The SMILES string of the molecule is CCC1(CC)CSC(=Nc2ccccc2C(C)C)N(C(=S)SCC(=O)OC(C)(C)C)C1. The molecule has 0 aliphatic carbocycles. The standard InChI is InChI=1S/C24H36N2O2S3/c1-8-24(9-2)15-26(22(29)30-14-20(27)28-23(5,6)7)21(31-16-24)25-19-13-11-10-12-18(19)17(3)4/h10-13,17H,8-9,14-16H2,1-7H3. The van der Waals surface area contributed by atoms with Crippen LogP contribution in [0.4, 0.5) is 5.69 Å². The Morgan fingerprint density at radius 3 is 2.52 bits per heavy atom. The minimum Gasteiger partial charge on any atom is -0.459 e. The summed E-state index contributed by atoms with van der Waals surface area (Å²) in [6.07, 6.45) is 2.17. The Balaban J connectivity index is 2.28. The van der Waals surface area contributed by atoms with E-state index in [9.17, 15) is 4.79 Å². The van der Waals surface area contributed by atoms with Gasteiger partial charge >= 0.3 is 5.97 Å². The summed E-state index contributed by atoms with van der Waals surface area (Å²) in [6.45, 7) is 15.3. The van der Waals surface area contributed by atoms with Crippen LogP contribution in [-0.4, -0.2) is 44.0 Å². The number of esters is 1. The van der Waals surface area contributed by atoms with Gasteiger partial charge in [0.25, 0.3) is 0 Å². The van der Waals surface area contributed by atoms with E-state index in [1.54, 1.807) is 11.8 Å². The largest absolute Gasteiger partial charge is 0.459 e. The molecule has 1 fully saturated rings. The molecule has 0 aromatic heterocycles. The zero-order valence-corrected chi connectivity index (χ0v) is 22.3. The van der Waals surface area contributed by atoms with Crippen molar-refractivity contribution in [3.63, 3.8) is 0 Å². The van der Waals surface area contributed by atoms with Crippen LogP contribution in [0.1, 0.15) is 72.8 Å². The highest BCUT2D eigenvalue weighted by Gasteiger charge is 2.37. The molecular formula is C24H36N2O2S3. The van der Waals surface area contributed by atoms with Gasteiger partial charge in [0.1, 0.15) is 9.92 Å². The van der Waals surface area contributed by atoms with Crippen molar-refractivity contribution in [1.82, 2.24) is 4.90 Å². The number of thiocarbonyl (C=S) groups is 1. The number of para-hydroxylation sites is 1. The van der Waals surface area contributed by atoms with Crippen molar-refractivity contribution in [2.75, 3.05) is 18.1 Å². The highest BCUT2D eigenvalue weighted by atomic mass is 32.2. The zero-order valence-electron chi connectivity index (χ0n) is 19.9. The van der Waals surface area contributed by atoms with Crippen LogP contribution in [0.2, 0.25) is 0 Å². The number of nitrogens with zero attached hydrogens (tertiary/aromatic N) is 2. The molecule has 0 unspecified atom stereocenters. The van der Waals surface area contributed by atoms with Crippen LogP contribution in [0, 0.1) is 5.41 Å². The van der Waals surface area contributed by atoms with Crippen LogP contribution in [0.3, 0.4) is 0 Å². The summed E-state index contributed by atoms with van der Waals surface area (Å²) < 4.78 is 6.14. The van der Waals surface area contributed by atoms with Gasteiger partial charge in [0.2, 0.25) is 0 Å². The van der Waals surface area contributed by atoms with Crippen LogP contribution in [0.15, 0.2) is 29.3 Å². The number of benzene rings is 1. The molecule has 0 saturated carbocycles. The van der Waals surface area contributed by atoms with Crippen molar-refractivity contribution >= 4 is 56.9 Å². The lowest BCUT2D eigenvalue weighted by atomic mass is 9.84. The third kappa shape index (κ3) is 7.50. The summed E-state index contributed by atoms with van der Waals surface area (Å²) >= 11 is 8.94. The Morgan fingerprint density at radius 2 is 1.94 bits per heavy atom. The van der Waals surface area contributed by atoms with Gasteiger partial charge < -0.3 is 9.64 Å². The third-order valence-corrected chi connectivity index (χ3v) is 8.21. The number of ether oxygens (including phenoxy) is 1. The Bertz CT molecular complexity index is 811. The second kappa shape index (κ2) is 11.2. The van der Waals surface area contributed by atoms with E-state index >= 15 is 0 Å². The van der Waals surface area contributed by atoms with Crippen LogP contribution >= 0.6 is 35.7 Å². The fourth-order valence-corrected chi connectivity index (χ4v) is 5.87. The lowest BCUT2D eigenvalue weighted by Gasteiger charge is -2.42. The number of carbonyl (C=O) groups is 1. The molecule has 0 atom stereocenters. The maximum absolute atomic E-state index is 12.2. The van der Waals surface area contributed by atoms with Crippen molar-refractivity contribution in [2.45, 2.75) is 72.8 Å². The van der Waals surface area contributed by atoms with Crippen LogP contribution < -0.4 is 0 Å². The first kappa shape index (κ1) is 26.2. The first-order valence-corrected chi connectivity index (χ1v) is 13.3. The number of hydrogen-bond donors (Lipinski definition) is 0. The summed E-state index contributed by atoms with van der Waals surface area (Å²) in [6, 6.07) is 8.30. The Hall–Kier alpha value is -1.05. The van der Waals surface area contributed by atoms with Crippen LogP contribution in [0.25, 0.3) is 0 Å². The molecule has 1 aliphatic heterocycles. The zero-order chi connectivity index (χ0) is 23.2. The number of thioether (sulfide) groups is 2. The van der Waals surface area contributed by atoms with Crippen LogP contribution in [-0.2, 0) is 9.53 Å². The number of amidine groups is 1. The highest BCUT2D eigenvalue weighted by molar-refractivity contribution is 8.23. The van der Waals surface area contributed by atoms with Gasteiger partial charge in [-0.2, -0.15) is 0 Å². The maximum atomic E-state index is 12.2. The molecule has 7 heteroatoms. The molecular weight excluding hydrogens is 444 g/mol. The number of aliphatic imine (C=N–C) groups is 1.